The van der Waals surface area contributed by atoms with E-state index in [9.17, 15) is 0 Å². The number of methoxy groups -OCH3 is 1. The molecular formula is C21H22N2O3. The van der Waals surface area contributed by atoms with Crippen molar-refractivity contribution in [1.82, 2.24) is 9.88 Å². The number of hydrogen-bond donors (Lipinski definition) is 1. The zero-order chi connectivity index (χ0) is 17.3. The lowest BCUT2D eigenvalue weighted by Gasteiger charge is -2.35. The van der Waals surface area contributed by atoms with Crippen molar-refractivity contribution in [2.45, 2.75) is 36.9 Å². The number of hydrogen-bond acceptors (Lipinski definition) is 4. The number of nitrogens with one attached hydrogen (secondary N) is 1. The molecule has 0 radical (unpaired) electrons. The molecule has 5 heteroatoms. The van der Waals surface area contributed by atoms with Crippen LogP contribution in [-0.4, -0.2) is 42.5 Å². The van der Waals surface area contributed by atoms with Crippen LogP contribution in [0.2, 0.25) is 0 Å². The SMILES string of the molecule is CO[C@H]1C[C@H]2C(=C[C@@H]1c1ccc[nH]1)[C@H]1CN2Cc2cc3c(cc21)OCO3. The molecule has 1 aliphatic carbocycles. The Morgan fingerprint density at radius 3 is 2.92 bits per heavy atom. The van der Waals surface area contributed by atoms with Crippen molar-refractivity contribution in [1.29, 1.82) is 0 Å². The van der Waals surface area contributed by atoms with Gasteiger partial charge < -0.3 is 19.2 Å². The number of benzene rings is 1. The lowest BCUT2D eigenvalue weighted by atomic mass is 9.78. The largest absolute Gasteiger partial charge is 0.454 e. The van der Waals surface area contributed by atoms with Gasteiger partial charge in [-0.1, -0.05) is 6.08 Å². The minimum atomic E-state index is 0.210. The van der Waals surface area contributed by atoms with E-state index in [0.717, 1.165) is 31.0 Å². The van der Waals surface area contributed by atoms with Crippen LogP contribution in [0.1, 0.15) is 35.1 Å². The minimum absolute atomic E-state index is 0.210. The summed E-state index contributed by atoms with van der Waals surface area (Å²) in [6, 6.07) is 9.11. The van der Waals surface area contributed by atoms with Crippen molar-refractivity contribution in [3.63, 3.8) is 0 Å². The number of fused-ring (bicyclic) bond motifs is 8. The van der Waals surface area contributed by atoms with E-state index < -0.39 is 0 Å². The third-order valence-electron chi connectivity index (χ3n) is 6.54. The zero-order valence-electron chi connectivity index (χ0n) is 14.8. The average Bonchev–Trinajstić information content (AvgIpc) is 3.39. The molecule has 26 heavy (non-hydrogen) atoms. The maximum Gasteiger partial charge on any atom is 0.231 e. The van der Waals surface area contributed by atoms with E-state index in [-0.39, 0.29) is 6.10 Å². The first-order valence-electron chi connectivity index (χ1n) is 9.36. The molecule has 134 valence electrons. The fourth-order valence-corrected chi connectivity index (χ4v) is 5.32. The molecule has 1 N–H and O–H groups in total. The van der Waals surface area contributed by atoms with Crippen molar-refractivity contribution in [2.24, 2.45) is 0 Å². The van der Waals surface area contributed by atoms with E-state index in [1.807, 2.05) is 13.3 Å². The number of nitrogens with zero attached hydrogens (tertiary/aromatic N) is 1. The van der Waals surface area contributed by atoms with Crippen LogP contribution in [0.4, 0.5) is 0 Å². The molecule has 1 fully saturated rings. The van der Waals surface area contributed by atoms with Crippen LogP contribution in [0, 0.1) is 0 Å². The Balaban J connectivity index is 1.45. The topological polar surface area (TPSA) is 46.7 Å². The van der Waals surface area contributed by atoms with Crippen molar-refractivity contribution in [3.8, 4) is 11.5 Å². The summed E-state index contributed by atoms with van der Waals surface area (Å²) in [5.74, 6) is 2.53. The Hall–Kier alpha value is -2.24. The lowest BCUT2D eigenvalue weighted by molar-refractivity contribution is 0.0562. The number of H-pyrrole nitrogens is 1. The third-order valence-corrected chi connectivity index (χ3v) is 6.54. The van der Waals surface area contributed by atoms with Crippen LogP contribution in [0.5, 0.6) is 11.5 Å². The monoisotopic (exact) mass is 350 g/mol. The molecule has 0 amide bonds. The van der Waals surface area contributed by atoms with Gasteiger partial charge in [0.2, 0.25) is 6.79 Å². The van der Waals surface area contributed by atoms with E-state index in [2.05, 4.69) is 40.2 Å². The van der Waals surface area contributed by atoms with Gasteiger partial charge in [0.25, 0.3) is 0 Å². The number of aromatic nitrogens is 1. The van der Waals surface area contributed by atoms with E-state index in [1.54, 1.807) is 5.57 Å². The fraction of sp³-hybridized carbons (Fsp3) is 0.429. The van der Waals surface area contributed by atoms with Gasteiger partial charge in [0.05, 0.1) is 6.10 Å². The maximum absolute atomic E-state index is 5.89. The summed E-state index contributed by atoms with van der Waals surface area (Å²) in [6.07, 6.45) is 5.72. The Labute approximate surface area is 152 Å². The smallest absolute Gasteiger partial charge is 0.231 e. The van der Waals surface area contributed by atoms with Gasteiger partial charge in [-0.15, -0.1) is 0 Å². The van der Waals surface area contributed by atoms with Gasteiger partial charge in [0, 0.05) is 50.0 Å². The van der Waals surface area contributed by atoms with Crippen LogP contribution >= 0.6 is 0 Å². The highest BCUT2D eigenvalue weighted by atomic mass is 16.7. The second-order valence-electron chi connectivity index (χ2n) is 7.73. The van der Waals surface area contributed by atoms with Gasteiger partial charge in [-0.3, -0.25) is 4.90 Å². The van der Waals surface area contributed by atoms with Crippen LogP contribution in [-0.2, 0) is 11.3 Å². The van der Waals surface area contributed by atoms with Crippen LogP contribution in [0.15, 0.2) is 42.1 Å². The number of rotatable bonds is 2. The Morgan fingerprint density at radius 2 is 2.12 bits per heavy atom. The molecule has 1 unspecified atom stereocenters. The summed E-state index contributed by atoms with van der Waals surface area (Å²) in [5, 5.41) is 0. The summed E-state index contributed by atoms with van der Waals surface area (Å²) in [4.78, 5) is 6.00. The van der Waals surface area contributed by atoms with Gasteiger partial charge in [0.15, 0.2) is 11.5 Å². The van der Waals surface area contributed by atoms with Crippen LogP contribution < -0.4 is 9.47 Å². The highest BCUT2D eigenvalue weighted by molar-refractivity contribution is 5.55. The highest BCUT2D eigenvalue weighted by Gasteiger charge is 2.47. The second kappa shape index (κ2) is 5.38. The normalized spacial score (nSPS) is 33.6. The zero-order valence-corrected chi connectivity index (χ0v) is 14.8. The predicted molar refractivity (Wildman–Crippen MR) is 96.5 cm³/mol. The summed E-state index contributed by atoms with van der Waals surface area (Å²) in [5.41, 5.74) is 5.59. The molecule has 1 aromatic carbocycles. The van der Waals surface area contributed by atoms with Gasteiger partial charge in [-0.2, -0.15) is 0 Å². The average molecular weight is 350 g/mol. The summed E-state index contributed by atoms with van der Waals surface area (Å²) in [7, 11) is 1.84. The van der Waals surface area contributed by atoms with E-state index in [4.69, 9.17) is 14.2 Å². The van der Waals surface area contributed by atoms with Crippen molar-refractivity contribution in [3.05, 3.63) is 58.9 Å². The molecule has 4 aliphatic rings. The van der Waals surface area contributed by atoms with Crippen molar-refractivity contribution >= 4 is 0 Å². The van der Waals surface area contributed by atoms with Gasteiger partial charge >= 0.3 is 0 Å². The van der Waals surface area contributed by atoms with Crippen LogP contribution in [0.25, 0.3) is 0 Å². The molecule has 5 nitrogen and oxygen atoms in total. The molecule has 3 aliphatic heterocycles. The highest BCUT2D eigenvalue weighted by Crippen LogP contribution is 2.51. The molecule has 0 saturated carbocycles. The lowest BCUT2D eigenvalue weighted by Crippen LogP contribution is -2.38. The maximum atomic E-state index is 5.89. The van der Waals surface area contributed by atoms with E-state index >= 15 is 0 Å². The molecule has 4 heterocycles. The molecule has 6 rings (SSSR count). The van der Waals surface area contributed by atoms with Crippen molar-refractivity contribution < 1.29 is 14.2 Å². The predicted octanol–water partition coefficient (Wildman–Crippen LogP) is 3.15. The third kappa shape index (κ3) is 1.98. The quantitative estimate of drug-likeness (QED) is 0.845. The summed E-state index contributed by atoms with van der Waals surface area (Å²) >= 11 is 0. The molecule has 2 aromatic rings. The van der Waals surface area contributed by atoms with Gasteiger partial charge in [0.1, 0.15) is 0 Å². The fourth-order valence-electron chi connectivity index (χ4n) is 5.32. The Kier molecular flexibility index (Phi) is 3.08. The molecule has 0 spiro atoms. The summed E-state index contributed by atoms with van der Waals surface area (Å²) < 4.78 is 17.1. The second-order valence-corrected chi connectivity index (χ2v) is 7.73. The van der Waals surface area contributed by atoms with Crippen LogP contribution in [0.3, 0.4) is 0 Å². The number of ether oxygens (including phenoxy) is 3. The summed E-state index contributed by atoms with van der Waals surface area (Å²) in [6.45, 7) is 2.41. The minimum Gasteiger partial charge on any atom is -0.454 e. The Morgan fingerprint density at radius 1 is 1.23 bits per heavy atom. The first-order valence-corrected chi connectivity index (χ1v) is 9.36. The van der Waals surface area contributed by atoms with Crippen molar-refractivity contribution in [2.75, 3.05) is 20.4 Å². The molecule has 1 aromatic heterocycles. The van der Waals surface area contributed by atoms with Gasteiger partial charge in [-0.05, 0) is 47.4 Å². The first kappa shape index (κ1) is 14.9. The van der Waals surface area contributed by atoms with Gasteiger partial charge in [-0.25, -0.2) is 0 Å². The first-order chi connectivity index (χ1) is 12.8. The molecular weight excluding hydrogens is 328 g/mol. The molecule has 5 atom stereocenters. The Bertz CT molecular complexity index is 889. The standard InChI is InChI=1S/C21H22N2O3/c1-24-19-8-18-14(6-15(19)17-3-2-4-22-17)16-10-23(18)9-12-5-20-21(7-13(12)16)26-11-25-20/h2-7,15-16,18-19,22H,8-11H2,1H3/t15-,16+,18+,19+/m1/s1. The van der Waals surface area contributed by atoms with E-state index in [1.165, 1.54) is 16.8 Å². The number of aromatic amines is 1. The molecule has 1 saturated heterocycles. The van der Waals surface area contributed by atoms with E-state index in [0.29, 0.717) is 24.7 Å². The molecule has 2 bridgehead atoms.